The maximum Gasteiger partial charge on any atom is 0.0522 e. The first-order valence-corrected chi connectivity index (χ1v) is 6.67. The second-order valence-corrected chi connectivity index (χ2v) is 5.40. The number of rotatable bonds is 4. The molecule has 4 heteroatoms. The highest BCUT2D eigenvalue weighted by Gasteiger charge is 2.24. The monoisotopic (exact) mass is 225 g/mol. The molecule has 2 unspecified atom stereocenters. The third-order valence-corrected chi connectivity index (χ3v) is 4.31. The van der Waals surface area contributed by atoms with Crippen molar-refractivity contribution in [1.29, 1.82) is 0 Å². The summed E-state index contributed by atoms with van der Waals surface area (Å²) >= 11 is 2.08. The molecular formula is C11H19N3S. The first-order valence-electron chi connectivity index (χ1n) is 5.52. The van der Waals surface area contributed by atoms with Crippen LogP contribution < -0.4 is 5.32 Å². The van der Waals surface area contributed by atoms with Gasteiger partial charge in [0.2, 0.25) is 0 Å². The molecule has 2 rings (SSSR count). The molecule has 0 amide bonds. The predicted octanol–water partition coefficient (Wildman–Crippen LogP) is 1.30. The third-order valence-electron chi connectivity index (χ3n) is 3.12. The maximum absolute atomic E-state index is 4.21. The van der Waals surface area contributed by atoms with Crippen molar-refractivity contribution >= 4 is 11.8 Å². The lowest BCUT2D eigenvalue weighted by Gasteiger charge is -2.21. The van der Waals surface area contributed by atoms with Gasteiger partial charge in [0.15, 0.2) is 0 Å². The smallest absolute Gasteiger partial charge is 0.0522 e. The van der Waals surface area contributed by atoms with Crippen LogP contribution in [0.3, 0.4) is 0 Å². The average Bonchev–Trinajstić information content (AvgIpc) is 2.85. The van der Waals surface area contributed by atoms with Gasteiger partial charge in [-0.1, -0.05) is 0 Å². The van der Waals surface area contributed by atoms with Crippen LogP contribution in [0.1, 0.15) is 12.0 Å². The lowest BCUT2D eigenvalue weighted by molar-refractivity contribution is 0.404. The Bertz CT molecular complexity index is 305. The van der Waals surface area contributed by atoms with Gasteiger partial charge in [0.1, 0.15) is 0 Å². The van der Waals surface area contributed by atoms with E-state index in [4.69, 9.17) is 0 Å². The molecule has 1 aliphatic heterocycles. The minimum atomic E-state index is 0.615. The Kier molecular flexibility index (Phi) is 3.70. The molecule has 0 bridgehead atoms. The Labute approximate surface area is 95.6 Å². The van der Waals surface area contributed by atoms with E-state index in [0.717, 1.165) is 12.3 Å². The van der Waals surface area contributed by atoms with Crippen molar-refractivity contribution in [2.45, 2.75) is 18.9 Å². The van der Waals surface area contributed by atoms with Gasteiger partial charge in [0, 0.05) is 19.3 Å². The molecule has 84 valence electrons. The van der Waals surface area contributed by atoms with Crippen molar-refractivity contribution < 1.29 is 0 Å². The minimum Gasteiger partial charge on any atom is -0.316 e. The van der Waals surface area contributed by atoms with E-state index in [0.29, 0.717) is 6.04 Å². The fraction of sp³-hybridized carbons (Fsp3) is 0.727. The molecule has 1 fully saturated rings. The maximum atomic E-state index is 4.21. The molecule has 1 aromatic rings. The summed E-state index contributed by atoms with van der Waals surface area (Å²) in [6, 6.07) is 0.615. The van der Waals surface area contributed by atoms with Crippen molar-refractivity contribution in [3.05, 3.63) is 18.0 Å². The summed E-state index contributed by atoms with van der Waals surface area (Å²) in [4.78, 5) is 0. The predicted molar refractivity (Wildman–Crippen MR) is 65.2 cm³/mol. The Morgan fingerprint density at radius 3 is 3.13 bits per heavy atom. The van der Waals surface area contributed by atoms with E-state index in [2.05, 4.69) is 35.4 Å². The number of likely N-dealkylation sites (N-methyl/N-ethyl adjacent to an activating group) is 1. The van der Waals surface area contributed by atoms with Crippen LogP contribution in [0.2, 0.25) is 0 Å². The standard InChI is InChI=1S/C11H19N3S/c1-12-11(10-3-4-15-8-10)5-9-6-13-14(2)7-9/h6-7,10-12H,3-5,8H2,1-2H3. The zero-order chi connectivity index (χ0) is 10.7. The summed E-state index contributed by atoms with van der Waals surface area (Å²) in [7, 11) is 4.05. The lowest BCUT2D eigenvalue weighted by atomic mass is 9.94. The van der Waals surface area contributed by atoms with E-state index in [1.165, 1.54) is 23.5 Å². The third kappa shape index (κ3) is 2.75. The first-order chi connectivity index (χ1) is 7.29. The number of aryl methyl sites for hydroxylation is 1. The number of hydrogen-bond donors (Lipinski definition) is 1. The molecule has 0 radical (unpaired) electrons. The molecule has 0 aliphatic carbocycles. The van der Waals surface area contributed by atoms with Crippen molar-refractivity contribution in [3.8, 4) is 0 Å². The zero-order valence-corrected chi connectivity index (χ0v) is 10.3. The molecule has 1 aromatic heterocycles. The van der Waals surface area contributed by atoms with Crippen molar-refractivity contribution in [2.24, 2.45) is 13.0 Å². The van der Waals surface area contributed by atoms with Crippen LogP contribution >= 0.6 is 11.8 Å². The molecule has 15 heavy (non-hydrogen) atoms. The van der Waals surface area contributed by atoms with E-state index in [1.54, 1.807) is 0 Å². The largest absolute Gasteiger partial charge is 0.316 e. The average molecular weight is 225 g/mol. The lowest BCUT2D eigenvalue weighted by Crippen LogP contribution is -2.35. The van der Waals surface area contributed by atoms with Crippen molar-refractivity contribution in [1.82, 2.24) is 15.1 Å². The highest BCUT2D eigenvalue weighted by atomic mass is 32.2. The molecule has 0 spiro atoms. The minimum absolute atomic E-state index is 0.615. The number of aromatic nitrogens is 2. The molecule has 0 aromatic carbocycles. The van der Waals surface area contributed by atoms with Crippen LogP contribution in [0, 0.1) is 5.92 Å². The van der Waals surface area contributed by atoms with E-state index < -0.39 is 0 Å². The first kappa shape index (κ1) is 11.0. The fourth-order valence-corrected chi connectivity index (χ4v) is 3.54. The van der Waals surface area contributed by atoms with Gasteiger partial charge in [0.25, 0.3) is 0 Å². The highest BCUT2D eigenvalue weighted by Crippen LogP contribution is 2.27. The zero-order valence-electron chi connectivity index (χ0n) is 9.44. The summed E-state index contributed by atoms with van der Waals surface area (Å²) in [5.74, 6) is 3.47. The van der Waals surface area contributed by atoms with Crippen LogP contribution in [0.25, 0.3) is 0 Å². The van der Waals surface area contributed by atoms with Gasteiger partial charge in [0.05, 0.1) is 6.20 Å². The normalized spacial score (nSPS) is 23.2. The second kappa shape index (κ2) is 5.03. The second-order valence-electron chi connectivity index (χ2n) is 4.25. The van der Waals surface area contributed by atoms with Crippen LogP contribution in [0.15, 0.2) is 12.4 Å². The highest BCUT2D eigenvalue weighted by molar-refractivity contribution is 7.99. The number of hydrogen-bond acceptors (Lipinski definition) is 3. The van der Waals surface area contributed by atoms with Crippen LogP contribution in [-0.2, 0) is 13.5 Å². The summed E-state index contributed by atoms with van der Waals surface area (Å²) < 4.78 is 1.88. The van der Waals surface area contributed by atoms with Gasteiger partial charge in [-0.3, -0.25) is 4.68 Å². The Balaban J connectivity index is 1.95. The van der Waals surface area contributed by atoms with Gasteiger partial charge in [-0.15, -0.1) is 0 Å². The van der Waals surface area contributed by atoms with E-state index in [9.17, 15) is 0 Å². The molecule has 0 saturated carbocycles. The SMILES string of the molecule is CNC(Cc1cnn(C)c1)C1CCSC1. The van der Waals surface area contributed by atoms with Crippen LogP contribution in [-0.4, -0.2) is 34.4 Å². The molecule has 2 atom stereocenters. The molecule has 1 N–H and O–H groups in total. The van der Waals surface area contributed by atoms with Crippen molar-refractivity contribution in [3.63, 3.8) is 0 Å². The Morgan fingerprint density at radius 1 is 1.73 bits per heavy atom. The summed E-state index contributed by atoms with van der Waals surface area (Å²) in [6.07, 6.45) is 6.56. The summed E-state index contributed by atoms with van der Waals surface area (Å²) in [5.41, 5.74) is 1.34. The van der Waals surface area contributed by atoms with Gasteiger partial charge in [-0.25, -0.2) is 0 Å². The van der Waals surface area contributed by atoms with E-state index >= 15 is 0 Å². The number of thioether (sulfide) groups is 1. The van der Waals surface area contributed by atoms with Crippen LogP contribution in [0.5, 0.6) is 0 Å². The van der Waals surface area contributed by atoms with Gasteiger partial charge in [-0.2, -0.15) is 16.9 Å². The Hall–Kier alpha value is -0.480. The van der Waals surface area contributed by atoms with Crippen molar-refractivity contribution in [2.75, 3.05) is 18.6 Å². The molecular weight excluding hydrogens is 206 g/mol. The number of nitrogens with one attached hydrogen (secondary N) is 1. The van der Waals surface area contributed by atoms with E-state index in [-0.39, 0.29) is 0 Å². The Morgan fingerprint density at radius 2 is 2.60 bits per heavy atom. The van der Waals surface area contributed by atoms with Gasteiger partial charge < -0.3 is 5.32 Å². The summed E-state index contributed by atoms with van der Waals surface area (Å²) in [5, 5.41) is 7.67. The molecule has 1 aliphatic rings. The topological polar surface area (TPSA) is 29.9 Å². The van der Waals surface area contributed by atoms with Gasteiger partial charge in [-0.05, 0) is 42.9 Å². The van der Waals surface area contributed by atoms with Gasteiger partial charge >= 0.3 is 0 Å². The van der Waals surface area contributed by atoms with Crippen LogP contribution in [0.4, 0.5) is 0 Å². The molecule has 1 saturated heterocycles. The quantitative estimate of drug-likeness (QED) is 0.838. The molecule has 3 nitrogen and oxygen atoms in total. The fourth-order valence-electron chi connectivity index (χ4n) is 2.21. The molecule has 2 heterocycles. The summed E-state index contributed by atoms with van der Waals surface area (Å²) in [6.45, 7) is 0. The number of nitrogens with zero attached hydrogens (tertiary/aromatic N) is 2. The van der Waals surface area contributed by atoms with E-state index in [1.807, 2.05) is 17.9 Å².